The van der Waals surface area contributed by atoms with Gasteiger partial charge in [0.2, 0.25) is 11.6 Å². The zero-order chi connectivity index (χ0) is 85.9. The highest BCUT2D eigenvalue weighted by Gasteiger charge is 2.59. The Hall–Kier alpha value is -5.81. The number of ketones is 2. The van der Waals surface area contributed by atoms with Gasteiger partial charge in [-0.05, 0) is 0 Å². The quantitative estimate of drug-likeness (QED) is 0.0159. The van der Waals surface area contributed by atoms with E-state index in [1.807, 2.05) is 0 Å². The van der Waals surface area contributed by atoms with Gasteiger partial charge in [-0.3, -0.25) is 33.6 Å². The van der Waals surface area contributed by atoms with Crippen LogP contribution in [-0.4, -0.2) is 469 Å². The standard InChI is InChI=1S/C64H96O52/c1-16(67)55(94)100-15-26-50(111-56(95)17(2)68)38(83)44(89)63(110-26)114-52-25(14-99-30(75)7-5-28(72)73)109-64(46(91)40(52)85)116-54-34(79)23(10-98-29(74)6-4-27(70)71)106-59(48(54)93)102-11-21-31(76)35(80)41(86)58(105-21)101-12-22-32(77)36(81)42(87)60(107-22)113-51-24(13-97-18(3)69)108-62(45(90)39(51)84)112-49-20(9-66)104-61(43(88)37(49)82)115-53-33(78)19(8-65)103-57(96)47(53)92/h19-26,31-54,57-66,76-93,96H,4-15H2,1-3H3,(H,70,71)(H,72,73)/t19-,20-,21-,22-,23-,24-,25-,26-,31-,32-,33+,34-,35+,36+,37-,38-,39-,40-,41-,42-,43-,44-,45-,46-,47-,48-,49-,50-,51-,52-,53+,54+,57-,58-,59-,60+,61+,62+,63+,64+/m1/s1. The third-order valence-electron chi connectivity index (χ3n) is 19.4. The molecule has 664 valence electrons. The molecule has 8 fully saturated rings. The van der Waals surface area contributed by atoms with Crippen molar-refractivity contribution in [1.82, 2.24) is 0 Å². The first kappa shape index (κ1) is 95.7. The van der Waals surface area contributed by atoms with Gasteiger partial charge >= 0.3 is 41.8 Å². The molecule has 0 saturated carbocycles. The summed E-state index contributed by atoms with van der Waals surface area (Å²) in [7, 11) is 0. The minimum atomic E-state index is -2.52. The molecule has 8 saturated heterocycles. The molecule has 0 radical (unpaired) electrons. The van der Waals surface area contributed by atoms with Gasteiger partial charge in [-0.25, -0.2) is 9.59 Å². The molecule has 0 aliphatic carbocycles. The van der Waals surface area contributed by atoms with Gasteiger partial charge in [-0.15, -0.1) is 0 Å². The summed E-state index contributed by atoms with van der Waals surface area (Å²) in [4.78, 5) is 108. The van der Waals surface area contributed by atoms with E-state index in [0.29, 0.717) is 0 Å². The van der Waals surface area contributed by atoms with Crippen LogP contribution < -0.4 is 0 Å². The lowest BCUT2D eigenvalue weighted by Crippen LogP contribution is -2.67. The molecule has 8 heterocycles. The number of aliphatic carboxylic acids is 2. The van der Waals surface area contributed by atoms with Crippen LogP contribution in [0, 0.1) is 0 Å². The molecule has 0 bridgehead atoms. The molecule has 0 aromatic rings. The Morgan fingerprint density at radius 3 is 0.991 bits per heavy atom. The molecule has 0 aromatic carbocycles. The van der Waals surface area contributed by atoms with Gasteiger partial charge in [0, 0.05) is 20.8 Å². The summed E-state index contributed by atoms with van der Waals surface area (Å²) in [5.74, 6) is -11.9. The second-order valence-electron chi connectivity index (χ2n) is 27.8. The molecular weight excluding hydrogens is 1600 g/mol. The number of rotatable bonds is 35. The predicted molar refractivity (Wildman–Crippen MR) is 345 cm³/mol. The summed E-state index contributed by atoms with van der Waals surface area (Å²) in [5.41, 5.74) is 0. The van der Waals surface area contributed by atoms with Crippen molar-refractivity contribution >= 4 is 53.4 Å². The van der Waals surface area contributed by atoms with E-state index < -0.39 is 378 Å². The van der Waals surface area contributed by atoms with Crippen LogP contribution in [0.4, 0.5) is 0 Å². The number of hydrogen-bond donors (Lipinski definition) is 23. The Bertz CT molecular complexity index is 3240. The van der Waals surface area contributed by atoms with E-state index >= 15 is 0 Å². The Morgan fingerprint density at radius 1 is 0.267 bits per heavy atom. The molecule has 0 aromatic heterocycles. The van der Waals surface area contributed by atoms with E-state index in [9.17, 15) is 155 Å². The van der Waals surface area contributed by atoms with Crippen LogP contribution in [0.5, 0.6) is 0 Å². The number of ether oxygens (including phenoxy) is 20. The molecule has 116 heavy (non-hydrogen) atoms. The third-order valence-corrected chi connectivity index (χ3v) is 19.4. The highest BCUT2D eigenvalue weighted by Crippen LogP contribution is 2.38. The lowest BCUT2D eigenvalue weighted by Gasteiger charge is -2.49. The van der Waals surface area contributed by atoms with E-state index in [1.54, 1.807) is 0 Å². The van der Waals surface area contributed by atoms with Crippen LogP contribution in [0.15, 0.2) is 0 Å². The lowest BCUT2D eigenvalue weighted by atomic mass is 9.95. The molecule has 0 amide bonds. The van der Waals surface area contributed by atoms with Gasteiger partial charge in [0.15, 0.2) is 56.4 Å². The summed E-state index contributed by atoms with van der Waals surface area (Å²) in [6, 6.07) is 0. The minimum Gasteiger partial charge on any atom is -0.481 e. The fourth-order valence-electron chi connectivity index (χ4n) is 12.9. The topological polar surface area (TPSA) is 804 Å². The van der Waals surface area contributed by atoms with Gasteiger partial charge in [0.25, 0.3) is 0 Å². The average molecular weight is 1700 g/mol. The fraction of sp³-hybridized carbons (Fsp3) is 0.859. The SMILES string of the molecule is CC(=O)OC[C@H]1O[C@@H](O[C@H]2[C@H](O)[C@@H](O)[C@H](O[C@@H]3[C@@H](O)[C@H](O)O[C@H](CO)[C@@H]3O)O[C@@H]2CO)[C@H](O)[C@@H](O)[C@@H]1O[C@@H]1O[C@H](CO[C@@H]2O[C@H](CO[C@@H]3O[C@H](COC(=O)CCC(=O)O)[C@@H](O)[C@H](O[C@@H]4O[C@H](COC(=O)CCC(=O)O)[C@@H](O[C@@H]5O[C@H](COC(=O)C(C)=O)[C@@H](OC(=O)C(C)=O)[C@H](O)[C@H]5O)[C@H](O)[C@H]4O)[C@H]3O)[C@@H](O)[C@H](O)[C@H]2O)[C@@H](O)[C@H](O)[C@H]1O. The predicted octanol–water partition coefficient (Wildman–Crippen LogP) is -16.8. The van der Waals surface area contributed by atoms with Crippen molar-refractivity contribution in [2.45, 2.75) is 292 Å². The maximum atomic E-state index is 12.8. The summed E-state index contributed by atoms with van der Waals surface area (Å²) < 4.78 is 110. The number of carboxylic acids is 2. The number of carboxylic acid groups (broad SMARTS) is 2. The Kier molecular flexibility index (Phi) is 35.1. The molecular formula is C64H96O52. The van der Waals surface area contributed by atoms with Crippen molar-refractivity contribution in [3.63, 3.8) is 0 Å². The smallest absolute Gasteiger partial charge is 0.374 e. The van der Waals surface area contributed by atoms with E-state index in [1.165, 1.54) is 0 Å². The molecule has 23 N–H and O–H groups in total. The van der Waals surface area contributed by atoms with Gasteiger partial charge in [-0.2, -0.15) is 0 Å². The number of aliphatic hydroxyl groups excluding tert-OH is 21. The van der Waals surface area contributed by atoms with Crippen molar-refractivity contribution in [3.8, 4) is 0 Å². The maximum Gasteiger partial charge on any atom is 0.374 e. The summed E-state index contributed by atoms with van der Waals surface area (Å²) in [6.45, 7) is -5.87. The normalized spacial score (nSPS) is 43.4. The highest BCUT2D eigenvalue weighted by atomic mass is 16.8. The van der Waals surface area contributed by atoms with Crippen LogP contribution >= 0.6 is 0 Å². The fourth-order valence-corrected chi connectivity index (χ4v) is 12.9. The van der Waals surface area contributed by atoms with Crippen LogP contribution in [0.25, 0.3) is 0 Å². The number of esters is 5. The van der Waals surface area contributed by atoms with Crippen LogP contribution in [0.2, 0.25) is 0 Å². The molecule has 8 rings (SSSR count). The van der Waals surface area contributed by atoms with E-state index in [0.717, 1.165) is 20.8 Å². The van der Waals surface area contributed by atoms with Crippen molar-refractivity contribution in [2.24, 2.45) is 0 Å². The summed E-state index contributed by atoms with van der Waals surface area (Å²) >= 11 is 0. The number of hydrogen-bond acceptors (Lipinski definition) is 50. The zero-order valence-corrected chi connectivity index (χ0v) is 61.2. The maximum absolute atomic E-state index is 12.8. The molecule has 8 aliphatic rings. The molecule has 8 aliphatic heterocycles. The second-order valence-corrected chi connectivity index (χ2v) is 27.8. The third kappa shape index (κ3) is 23.5. The number of Topliss-reactive ketones (excluding diaryl/α,β-unsaturated/α-hetero) is 2. The Labute approximate surface area is 652 Å². The van der Waals surface area contributed by atoms with Crippen molar-refractivity contribution in [2.75, 3.05) is 52.9 Å². The van der Waals surface area contributed by atoms with Crippen molar-refractivity contribution in [3.05, 3.63) is 0 Å². The van der Waals surface area contributed by atoms with Gasteiger partial charge in [0.1, 0.15) is 216 Å². The molecule has 0 spiro atoms. The van der Waals surface area contributed by atoms with Gasteiger partial charge in [0.05, 0.1) is 52.1 Å². The lowest BCUT2D eigenvalue weighted by molar-refractivity contribution is -0.389. The zero-order valence-electron chi connectivity index (χ0n) is 61.2. The average Bonchev–Trinajstić information content (AvgIpc) is 0.776. The molecule has 52 heteroatoms. The highest BCUT2D eigenvalue weighted by molar-refractivity contribution is 6.33. The first-order valence-corrected chi connectivity index (χ1v) is 35.8. The number of carbonyl (C=O) groups excluding carboxylic acids is 7. The Morgan fingerprint density at radius 2 is 0.578 bits per heavy atom. The van der Waals surface area contributed by atoms with Crippen LogP contribution in [0.3, 0.4) is 0 Å². The first-order chi connectivity index (χ1) is 54.6. The summed E-state index contributed by atoms with van der Waals surface area (Å²) in [5, 5.41) is 252. The first-order valence-electron chi connectivity index (χ1n) is 35.8. The Balaban J connectivity index is 0.955. The molecule has 52 nitrogen and oxygen atoms in total. The van der Waals surface area contributed by atoms with Crippen molar-refractivity contribution < 1.29 is 255 Å². The van der Waals surface area contributed by atoms with Crippen molar-refractivity contribution in [1.29, 1.82) is 0 Å². The van der Waals surface area contributed by atoms with E-state index in [4.69, 9.17) is 99.8 Å². The van der Waals surface area contributed by atoms with Crippen LogP contribution in [-0.2, 0) is 138 Å². The van der Waals surface area contributed by atoms with E-state index in [2.05, 4.69) is 0 Å². The van der Waals surface area contributed by atoms with Gasteiger partial charge < -0.3 is 212 Å². The monoisotopic (exact) mass is 1700 g/mol. The second kappa shape index (κ2) is 42.6. The molecule has 0 unspecified atom stereocenters. The van der Waals surface area contributed by atoms with Crippen LogP contribution in [0.1, 0.15) is 46.5 Å². The van der Waals surface area contributed by atoms with E-state index in [-0.39, 0.29) is 0 Å². The molecule has 40 atom stereocenters. The largest absolute Gasteiger partial charge is 0.481 e. The minimum absolute atomic E-state index is 0.752. The summed E-state index contributed by atoms with van der Waals surface area (Å²) in [6.07, 6.45) is -89.2. The number of aliphatic hydroxyl groups is 21. The number of carbonyl (C=O) groups is 9. The van der Waals surface area contributed by atoms with Gasteiger partial charge in [-0.1, -0.05) is 0 Å².